The SMILES string of the molecule is Cc1cc(OC(=O)[C@@H]2CC(=O)N(c3cccc(Cl)c3)C2)ccc1N1C(=O)[C@@H]2[C@H]3C=C[C@@H]([C@@H]4C[C@H]34)[C@H]2C1=O. The van der Waals surface area contributed by atoms with Crippen molar-refractivity contribution in [1.29, 1.82) is 0 Å². The van der Waals surface area contributed by atoms with Gasteiger partial charge >= 0.3 is 5.97 Å². The lowest BCUT2D eigenvalue weighted by Gasteiger charge is -2.37. The minimum atomic E-state index is -0.606. The number of allylic oxidation sites excluding steroid dienone is 2. The Morgan fingerprint density at radius 2 is 1.68 bits per heavy atom. The zero-order valence-electron chi connectivity index (χ0n) is 20.2. The van der Waals surface area contributed by atoms with E-state index in [-0.39, 0.29) is 54.4 Å². The Balaban J connectivity index is 1.07. The summed E-state index contributed by atoms with van der Waals surface area (Å²) in [5, 5.41) is 0.516. The van der Waals surface area contributed by atoms with Gasteiger partial charge in [-0.3, -0.25) is 19.2 Å². The molecule has 2 saturated heterocycles. The summed E-state index contributed by atoms with van der Waals surface area (Å²) in [6.07, 6.45) is 5.50. The van der Waals surface area contributed by atoms with Gasteiger partial charge in [0.15, 0.2) is 0 Å². The van der Waals surface area contributed by atoms with E-state index in [1.165, 1.54) is 4.90 Å². The summed E-state index contributed by atoms with van der Waals surface area (Å²) < 4.78 is 5.62. The second-order valence-corrected chi connectivity index (χ2v) is 11.4. The summed E-state index contributed by atoms with van der Waals surface area (Å²) in [5.74, 6) is -0.251. The van der Waals surface area contributed by atoms with Gasteiger partial charge in [-0.1, -0.05) is 29.8 Å². The van der Waals surface area contributed by atoms with Crippen molar-refractivity contribution in [3.8, 4) is 5.75 Å². The van der Waals surface area contributed by atoms with Gasteiger partial charge in [0.2, 0.25) is 17.7 Å². The van der Waals surface area contributed by atoms with Crippen molar-refractivity contribution in [3.05, 3.63) is 65.2 Å². The summed E-state index contributed by atoms with van der Waals surface area (Å²) in [5.41, 5.74) is 1.87. The van der Waals surface area contributed by atoms with Crippen LogP contribution in [0.3, 0.4) is 0 Å². The largest absolute Gasteiger partial charge is 0.426 e. The number of nitrogens with zero attached hydrogens (tertiary/aromatic N) is 2. The van der Waals surface area contributed by atoms with Crippen LogP contribution >= 0.6 is 11.6 Å². The Morgan fingerprint density at radius 3 is 2.32 bits per heavy atom. The second-order valence-electron chi connectivity index (χ2n) is 10.9. The molecule has 0 unspecified atom stereocenters. The molecule has 0 spiro atoms. The number of hydrogen-bond acceptors (Lipinski definition) is 5. The average Bonchev–Trinajstić information content (AvgIpc) is 3.55. The first-order chi connectivity index (χ1) is 17.8. The lowest BCUT2D eigenvalue weighted by molar-refractivity contribution is -0.139. The van der Waals surface area contributed by atoms with Crippen LogP contribution in [0.4, 0.5) is 11.4 Å². The standard InChI is InChI=1S/C29H25ClN2O5/c1-14-9-18(37-29(36)15-10-24(33)31(13-15)17-4-2-3-16(30)11-17)5-8-23(14)32-27(34)25-19-6-7-20(22-12-21(19)22)26(25)28(32)35/h2-9,11,15,19-22,25-26H,10,12-13H2,1H3/t15-,19+,20+,21-,22+,25-,26-/m1/s1. The van der Waals surface area contributed by atoms with E-state index in [0.29, 0.717) is 39.5 Å². The number of aryl methyl sites for hydroxylation is 1. The van der Waals surface area contributed by atoms with Crippen LogP contribution < -0.4 is 14.5 Å². The first kappa shape index (κ1) is 22.7. The number of benzene rings is 2. The van der Waals surface area contributed by atoms with Crippen molar-refractivity contribution in [3.63, 3.8) is 0 Å². The molecule has 2 aromatic rings. The lowest BCUT2D eigenvalue weighted by Crippen LogP contribution is -2.40. The minimum absolute atomic E-state index is 0.0559. The van der Waals surface area contributed by atoms with Crippen LogP contribution in [-0.4, -0.2) is 30.2 Å². The number of ether oxygens (including phenoxy) is 1. The molecule has 8 heteroatoms. The highest BCUT2D eigenvalue weighted by molar-refractivity contribution is 6.31. The van der Waals surface area contributed by atoms with Crippen molar-refractivity contribution in [1.82, 2.24) is 0 Å². The van der Waals surface area contributed by atoms with Crippen LogP contribution in [-0.2, 0) is 19.2 Å². The van der Waals surface area contributed by atoms with Gasteiger partial charge in [0.25, 0.3) is 0 Å². The third kappa shape index (κ3) is 3.40. The number of carbonyl (C=O) groups is 4. The first-order valence-electron chi connectivity index (χ1n) is 12.8. The number of imide groups is 1. The van der Waals surface area contributed by atoms with Crippen LogP contribution in [0.2, 0.25) is 5.02 Å². The normalized spacial score (nSPS) is 33.1. The fourth-order valence-electron chi connectivity index (χ4n) is 7.10. The molecular formula is C29H25ClN2O5. The van der Waals surface area contributed by atoms with E-state index in [2.05, 4.69) is 12.2 Å². The molecule has 7 atom stereocenters. The minimum Gasteiger partial charge on any atom is -0.426 e. The van der Waals surface area contributed by atoms with E-state index < -0.39 is 11.9 Å². The van der Waals surface area contributed by atoms with Gasteiger partial charge < -0.3 is 9.64 Å². The van der Waals surface area contributed by atoms with Gasteiger partial charge in [-0.25, -0.2) is 4.90 Å². The molecule has 2 bridgehead atoms. The Morgan fingerprint density at radius 1 is 0.973 bits per heavy atom. The Hall–Kier alpha value is -3.45. The summed E-state index contributed by atoms with van der Waals surface area (Å²) in [7, 11) is 0. The van der Waals surface area contributed by atoms with E-state index in [0.717, 1.165) is 6.42 Å². The zero-order valence-corrected chi connectivity index (χ0v) is 20.9. The molecule has 0 N–H and O–H groups in total. The molecule has 6 aliphatic rings. The van der Waals surface area contributed by atoms with Crippen molar-refractivity contribution < 1.29 is 23.9 Å². The zero-order chi connectivity index (χ0) is 25.6. The molecule has 188 valence electrons. The molecule has 4 fully saturated rings. The smallest absolute Gasteiger partial charge is 0.316 e. The Bertz CT molecular complexity index is 1380. The number of carbonyl (C=O) groups excluding carboxylic acids is 4. The number of anilines is 2. The van der Waals surface area contributed by atoms with E-state index in [1.54, 1.807) is 54.3 Å². The van der Waals surface area contributed by atoms with E-state index >= 15 is 0 Å². The maximum Gasteiger partial charge on any atom is 0.316 e. The highest BCUT2D eigenvalue weighted by Gasteiger charge is 2.67. The van der Waals surface area contributed by atoms with E-state index in [9.17, 15) is 19.2 Å². The molecule has 2 saturated carbocycles. The van der Waals surface area contributed by atoms with Gasteiger partial charge in [-0.05, 0) is 79.0 Å². The molecule has 37 heavy (non-hydrogen) atoms. The number of rotatable bonds is 4. The molecule has 2 aromatic carbocycles. The highest BCUT2D eigenvalue weighted by atomic mass is 35.5. The van der Waals surface area contributed by atoms with Crippen molar-refractivity contribution in [2.75, 3.05) is 16.3 Å². The fraction of sp³-hybridized carbons (Fsp3) is 0.379. The summed E-state index contributed by atoms with van der Waals surface area (Å²) >= 11 is 6.05. The van der Waals surface area contributed by atoms with Gasteiger partial charge in [0, 0.05) is 23.7 Å². The molecular weight excluding hydrogens is 492 g/mol. The predicted molar refractivity (Wildman–Crippen MR) is 136 cm³/mol. The van der Waals surface area contributed by atoms with Gasteiger partial charge in [0.05, 0.1) is 23.4 Å². The first-order valence-corrected chi connectivity index (χ1v) is 13.1. The summed E-state index contributed by atoms with van der Waals surface area (Å²) in [6.45, 7) is 2.02. The molecule has 8 rings (SSSR count). The van der Waals surface area contributed by atoms with Crippen LogP contribution in [0.25, 0.3) is 0 Å². The molecule has 3 amide bonds. The van der Waals surface area contributed by atoms with Crippen molar-refractivity contribution in [2.45, 2.75) is 19.8 Å². The topological polar surface area (TPSA) is 84.0 Å². The summed E-state index contributed by atoms with van der Waals surface area (Å²) in [6, 6.07) is 11.9. The molecule has 0 radical (unpaired) electrons. The quantitative estimate of drug-likeness (QED) is 0.264. The van der Waals surface area contributed by atoms with E-state index in [1.807, 2.05) is 0 Å². The molecule has 7 nitrogen and oxygen atoms in total. The molecule has 2 heterocycles. The number of amides is 3. The number of esters is 1. The lowest BCUT2D eigenvalue weighted by atomic mass is 9.63. The predicted octanol–water partition coefficient (Wildman–Crippen LogP) is 4.16. The Labute approximate surface area is 219 Å². The monoisotopic (exact) mass is 516 g/mol. The third-order valence-electron chi connectivity index (χ3n) is 8.87. The molecule has 2 aliphatic heterocycles. The van der Waals surface area contributed by atoms with Crippen LogP contribution in [0.15, 0.2) is 54.6 Å². The van der Waals surface area contributed by atoms with E-state index in [4.69, 9.17) is 16.3 Å². The fourth-order valence-corrected chi connectivity index (χ4v) is 7.28. The third-order valence-corrected chi connectivity index (χ3v) is 9.10. The molecule has 0 aromatic heterocycles. The number of hydrogen-bond donors (Lipinski definition) is 0. The maximum absolute atomic E-state index is 13.4. The van der Waals surface area contributed by atoms with Crippen molar-refractivity contribution in [2.24, 2.45) is 41.4 Å². The van der Waals surface area contributed by atoms with Crippen molar-refractivity contribution >= 4 is 46.7 Å². The Kier molecular flexibility index (Phi) is 4.93. The molecule has 4 aliphatic carbocycles. The second kappa shape index (κ2) is 8.02. The van der Waals surface area contributed by atoms with Gasteiger partial charge in [-0.2, -0.15) is 0 Å². The number of halogens is 1. The van der Waals surface area contributed by atoms with Crippen LogP contribution in [0.1, 0.15) is 18.4 Å². The van der Waals surface area contributed by atoms with Gasteiger partial charge in [-0.15, -0.1) is 0 Å². The highest BCUT2D eigenvalue weighted by Crippen LogP contribution is 2.65. The maximum atomic E-state index is 13.4. The van der Waals surface area contributed by atoms with Gasteiger partial charge in [0.1, 0.15) is 5.75 Å². The average molecular weight is 517 g/mol. The summed E-state index contributed by atoms with van der Waals surface area (Å²) in [4.78, 5) is 55.2. The van der Waals surface area contributed by atoms with Crippen LogP contribution in [0, 0.1) is 48.3 Å². The van der Waals surface area contributed by atoms with Crippen LogP contribution in [0.5, 0.6) is 5.75 Å².